The molecule has 0 radical (unpaired) electrons. The third-order valence-corrected chi connectivity index (χ3v) is 2.20. The Labute approximate surface area is 84.2 Å². The molecule has 0 aromatic heterocycles. The van der Waals surface area contributed by atoms with E-state index in [0.717, 1.165) is 12.2 Å². The van der Waals surface area contributed by atoms with Gasteiger partial charge in [0.1, 0.15) is 6.10 Å². The molecule has 1 atom stereocenters. The van der Waals surface area contributed by atoms with Crippen molar-refractivity contribution in [3.8, 4) is 0 Å². The first-order chi connectivity index (χ1) is 6.84. The average Bonchev–Trinajstić information content (AvgIpc) is 2.17. The molecule has 2 heteroatoms. The van der Waals surface area contributed by atoms with Crippen molar-refractivity contribution >= 4 is 0 Å². The van der Waals surface area contributed by atoms with E-state index in [0.29, 0.717) is 13.2 Å². The van der Waals surface area contributed by atoms with Crippen LogP contribution < -0.4 is 0 Å². The Balaban J connectivity index is 1.66. The molecule has 0 aliphatic carbocycles. The predicted octanol–water partition coefficient (Wildman–Crippen LogP) is 2.51. The molecular formula is C12H14O2. The van der Waals surface area contributed by atoms with Gasteiger partial charge in [-0.15, -0.1) is 0 Å². The highest BCUT2D eigenvalue weighted by Crippen LogP contribution is 2.22. The predicted molar refractivity (Wildman–Crippen MR) is 54.7 cm³/mol. The number of hydrogen-bond acceptors (Lipinski definition) is 2. The standard InChI is InChI=1S/C12H14O2/c1-10-7-12(14-10)9-13-8-11-5-3-2-4-6-11/h2-6,12H,1,7-9H2. The third kappa shape index (κ3) is 2.36. The normalized spacial score (nSPS) is 20.0. The van der Waals surface area contributed by atoms with Crippen molar-refractivity contribution in [2.45, 2.75) is 19.1 Å². The maximum Gasteiger partial charge on any atom is 0.128 e. The lowest BCUT2D eigenvalue weighted by Crippen LogP contribution is -2.29. The van der Waals surface area contributed by atoms with Crippen LogP contribution in [0.3, 0.4) is 0 Å². The topological polar surface area (TPSA) is 18.5 Å². The quantitative estimate of drug-likeness (QED) is 0.726. The second-order valence-electron chi connectivity index (χ2n) is 3.48. The smallest absolute Gasteiger partial charge is 0.128 e. The van der Waals surface area contributed by atoms with Crippen molar-refractivity contribution in [3.05, 3.63) is 48.2 Å². The van der Waals surface area contributed by atoms with Crippen LogP contribution in [0, 0.1) is 0 Å². The molecule has 74 valence electrons. The summed E-state index contributed by atoms with van der Waals surface area (Å²) in [5.74, 6) is 0.873. The second kappa shape index (κ2) is 4.29. The highest BCUT2D eigenvalue weighted by Gasteiger charge is 2.22. The van der Waals surface area contributed by atoms with Gasteiger partial charge in [0.25, 0.3) is 0 Å². The SMILES string of the molecule is C=C1CC(COCc2ccccc2)O1. The van der Waals surface area contributed by atoms with Crippen molar-refractivity contribution in [3.63, 3.8) is 0 Å². The van der Waals surface area contributed by atoms with Gasteiger partial charge in [0.2, 0.25) is 0 Å². The second-order valence-corrected chi connectivity index (χ2v) is 3.48. The van der Waals surface area contributed by atoms with E-state index in [9.17, 15) is 0 Å². The summed E-state index contributed by atoms with van der Waals surface area (Å²) in [5.41, 5.74) is 1.20. The summed E-state index contributed by atoms with van der Waals surface area (Å²) in [6.07, 6.45) is 1.17. The van der Waals surface area contributed by atoms with Crippen molar-refractivity contribution in [1.82, 2.24) is 0 Å². The Morgan fingerprint density at radius 3 is 2.71 bits per heavy atom. The molecule has 1 aromatic carbocycles. The van der Waals surface area contributed by atoms with E-state index >= 15 is 0 Å². The largest absolute Gasteiger partial charge is 0.492 e. The first-order valence-electron chi connectivity index (χ1n) is 4.81. The lowest BCUT2D eigenvalue weighted by atomic mass is 10.1. The molecule has 1 heterocycles. The Morgan fingerprint density at radius 2 is 2.07 bits per heavy atom. The summed E-state index contributed by atoms with van der Waals surface area (Å²) in [7, 11) is 0. The highest BCUT2D eigenvalue weighted by atomic mass is 16.5. The summed E-state index contributed by atoms with van der Waals surface area (Å²) in [6, 6.07) is 10.1. The molecule has 0 amide bonds. The molecule has 0 spiro atoms. The molecule has 1 saturated heterocycles. The van der Waals surface area contributed by atoms with Crippen LogP contribution in [0.2, 0.25) is 0 Å². The molecule has 0 bridgehead atoms. The first-order valence-corrected chi connectivity index (χ1v) is 4.81. The van der Waals surface area contributed by atoms with E-state index in [1.807, 2.05) is 18.2 Å². The van der Waals surface area contributed by atoms with E-state index in [4.69, 9.17) is 9.47 Å². The fourth-order valence-electron chi connectivity index (χ4n) is 1.46. The molecule has 2 rings (SSSR count). The van der Waals surface area contributed by atoms with E-state index in [1.54, 1.807) is 0 Å². The fourth-order valence-corrected chi connectivity index (χ4v) is 1.46. The lowest BCUT2D eigenvalue weighted by molar-refractivity contribution is -0.0474. The third-order valence-electron chi connectivity index (χ3n) is 2.20. The van der Waals surface area contributed by atoms with Gasteiger partial charge in [-0.1, -0.05) is 36.9 Å². The number of ether oxygens (including phenoxy) is 2. The van der Waals surface area contributed by atoms with Crippen LogP contribution in [-0.2, 0) is 16.1 Å². The minimum Gasteiger partial charge on any atom is -0.492 e. The summed E-state index contributed by atoms with van der Waals surface area (Å²) < 4.78 is 10.8. The number of benzene rings is 1. The molecule has 1 unspecified atom stereocenters. The van der Waals surface area contributed by atoms with Gasteiger partial charge in [-0.3, -0.25) is 0 Å². The maximum atomic E-state index is 5.51. The van der Waals surface area contributed by atoms with E-state index < -0.39 is 0 Å². The Bertz CT molecular complexity index is 297. The molecule has 14 heavy (non-hydrogen) atoms. The van der Waals surface area contributed by atoms with Crippen LogP contribution in [0.1, 0.15) is 12.0 Å². The van der Waals surface area contributed by atoms with Gasteiger partial charge >= 0.3 is 0 Å². The summed E-state index contributed by atoms with van der Waals surface area (Å²) >= 11 is 0. The molecule has 1 aliphatic rings. The van der Waals surface area contributed by atoms with Crippen molar-refractivity contribution in [1.29, 1.82) is 0 Å². The van der Waals surface area contributed by atoms with Gasteiger partial charge < -0.3 is 9.47 Å². The summed E-state index contributed by atoms with van der Waals surface area (Å²) in [4.78, 5) is 0. The Kier molecular flexibility index (Phi) is 2.84. The van der Waals surface area contributed by atoms with Gasteiger partial charge in [-0.05, 0) is 5.56 Å². The van der Waals surface area contributed by atoms with Crippen LogP contribution >= 0.6 is 0 Å². The molecule has 0 saturated carbocycles. The van der Waals surface area contributed by atoms with E-state index in [1.165, 1.54) is 5.56 Å². The summed E-state index contributed by atoms with van der Waals surface area (Å²) in [6.45, 7) is 5.02. The number of hydrogen-bond donors (Lipinski definition) is 0. The minimum absolute atomic E-state index is 0.228. The first kappa shape index (κ1) is 9.28. The lowest BCUT2D eigenvalue weighted by Gasteiger charge is -2.29. The van der Waals surface area contributed by atoms with Crippen LogP contribution in [0.4, 0.5) is 0 Å². The molecule has 2 nitrogen and oxygen atoms in total. The molecule has 1 aromatic rings. The van der Waals surface area contributed by atoms with Crippen LogP contribution in [0.5, 0.6) is 0 Å². The van der Waals surface area contributed by atoms with Crippen molar-refractivity contribution in [2.75, 3.05) is 6.61 Å². The molecule has 1 fully saturated rings. The average molecular weight is 190 g/mol. The van der Waals surface area contributed by atoms with E-state index in [-0.39, 0.29) is 6.10 Å². The van der Waals surface area contributed by atoms with Crippen LogP contribution in [0.25, 0.3) is 0 Å². The van der Waals surface area contributed by atoms with Crippen molar-refractivity contribution in [2.24, 2.45) is 0 Å². The molecule has 1 aliphatic heterocycles. The minimum atomic E-state index is 0.228. The van der Waals surface area contributed by atoms with Crippen molar-refractivity contribution < 1.29 is 9.47 Å². The van der Waals surface area contributed by atoms with Gasteiger partial charge in [0, 0.05) is 6.42 Å². The molecular weight excluding hydrogens is 176 g/mol. The zero-order chi connectivity index (χ0) is 9.80. The van der Waals surface area contributed by atoms with Crippen LogP contribution in [0.15, 0.2) is 42.7 Å². The zero-order valence-corrected chi connectivity index (χ0v) is 8.11. The summed E-state index contributed by atoms with van der Waals surface area (Å²) in [5, 5.41) is 0. The Morgan fingerprint density at radius 1 is 1.36 bits per heavy atom. The maximum absolute atomic E-state index is 5.51. The zero-order valence-electron chi connectivity index (χ0n) is 8.11. The highest BCUT2D eigenvalue weighted by molar-refractivity contribution is 5.13. The van der Waals surface area contributed by atoms with Gasteiger partial charge in [-0.2, -0.15) is 0 Å². The fraction of sp³-hybridized carbons (Fsp3) is 0.333. The number of rotatable bonds is 4. The van der Waals surface area contributed by atoms with Gasteiger partial charge in [0.05, 0.1) is 19.0 Å². The van der Waals surface area contributed by atoms with Crippen LogP contribution in [-0.4, -0.2) is 12.7 Å². The van der Waals surface area contributed by atoms with Gasteiger partial charge in [0.15, 0.2) is 0 Å². The van der Waals surface area contributed by atoms with E-state index in [2.05, 4.69) is 18.7 Å². The Hall–Kier alpha value is -1.28. The molecule has 0 N–H and O–H groups in total. The van der Waals surface area contributed by atoms with Gasteiger partial charge in [-0.25, -0.2) is 0 Å². The monoisotopic (exact) mass is 190 g/mol.